The molecule has 2 aliphatic heterocycles. The summed E-state index contributed by atoms with van der Waals surface area (Å²) in [5.74, 6) is -12.9. The van der Waals surface area contributed by atoms with E-state index in [1.807, 2.05) is 0 Å². The zero-order valence-corrected chi connectivity index (χ0v) is 39.6. The van der Waals surface area contributed by atoms with Crippen molar-refractivity contribution in [3.8, 4) is 11.5 Å². The largest absolute Gasteiger partial charge is 0.463 e. The van der Waals surface area contributed by atoms with Crippen molar-refractivity contribution < 1.29 is 114 Å². The van der Waals surface area contributed by atoms with Crippen LogP contribution >= 0.6 is 23.5 Å². The van der Waals surface area contributed by atoms with Gasteiger partial charge in [0.15, 0.2) is 36.6 Å². The van der Waals surface area contributed by atoms with E-state index in [4.69, 9.17) is 56.8 Å². The van der Waals surface area contributed by atoms with Crippen LogP contribution in [0, 0.1) is 0 Å². The van der Waals surface area contributed by atoms with Crippen LogP contribution in [0.2, 0.25) is 0 Å². The third-order valence-electron chi connectivity index (χ3n) is 9.07. The number of Topliss-reactive ketones (excluding diaryl/α,β-unsaturated/α-hetero) is 2. The molecule has 1 aromatic rings. The first-order valence-electron chi connectivity index (χ1n) is 20.1. The predicted molar refractivity (Wildman–Crippen MR) is 224 cm³/mol. The van der Waals surface area contributed by atoms with E-state index in [0.717, 1.165) is 81.4 Å². The van der Waals surface area contributed by atoms with Gasteiger partial charge in [0.05, 0.1) is 20.9 Å². The summed E-state index contributed by atoms with van der Waals surface area (Å²) in [4.78, 5) is 154. The number of fused-ring (bicyclic) bond motifs is 1. The molecule has 0 saturated carbocycles. The summed E-state index contributed by atoms with van der Waals surface area (Å²) in [5, 5.41) is 0. The average Bonchev–Trinajstić information content (AvgIpc) is 3.19. The highest BCUT2D eigenvalue weighted by molar-refractivity contribution is 8.08. The molecule has 0 spiro atoms. The van der Waals surface area contributed by atoms with Crippen molar-refractivity contribution in [1.82, 2.24) is 0 Å². The van der Waals surface area contributed by atoms with Crippen LogP contribution in [0.15, 0.2) is 21.9 Å². The highest BCUT2D eigenvalue weighted by Gasteiger charge is 2.56. The SMILES string of the molecule is CC(=O)OCC1OC(SC2=C(SC3OC(COC(C)=O)C(OC(C)=O)C(OC(C)=O)C3OC(C)=O)C(=O)c3c(OC(C)=O)ccc(OC(C)=O)c3C2=O)C(OC(C)=O)C(OC(C)=O)C1OC(C)=O. The van der Waals surface area contributed by atoms with Gasteiger partial charge in [0.2, 0.25) is 11.6 Å². The van der Waals surface area contributed by atoms with Crippen LogP contribution in [0.3, 0.4) is 0 Å². The summed E-state index contributed by atoms with van der Waals surface area (Å²) < 4.78 is 66.6. The van der Waals surface area contributed by atoms with Gasteiger partial charge >= 0.3 is 59.7 Å². The Balaban J connectivity index is 2.09. The van der Waals surface area contributed by atoms with E-state index < -0.39 is 177 Å². The fraction of sp³-hybridized carbons (Fsp3) is 0.524. The van der Waals surface area contributed by atoms with Crippen molar-refractivity contribution in [2.75, 3.05) is 13.2 Å². The van der Waals surface area contributed by atoms with Gasteiger partial charge in [-0.05, 0) is 12.1 Å². The van der Waals surface area contributed by atoms with Crippen LogP contribution in [-0.2, 0) is 95.3 Å². The molecule has 0 amide bonds. The standard InChI is InChI=1S/C42H46O24S2/c1-15(43)55-13-27-33(59-19(5)47)35(61-21(7)49)37(63-23(9)51)41(65-27)67-39-31(53)29-25(57-17(3)45)11-12-26(58-18(4)46)30(29)32(54)40(39)68-42-38(64-24(10)52)36(62-22(8)50)34(60-20(6)48)28(66-42)14-56-16(2)44/h11-12,27-28,33-38,41-42H,13-14H2,1-10H3. The molecule has 3 aliphatic rings. The zero-order chi connectivity index (χ0) is 50.9. The van der Waals surface area contributed by atoms with Gasteiger partial charge in [0.1, 0.15) is 47.8 Å². The first-order valence-corrected chi connectivity index (χ1v) is 21.9. The number of carbonyl (C=O) groups excluding carboxylic acids is 12. The number of thioether (sulfide) groups is 2. The number of hydrogen-bond donors (Lipinski definition) is 0. The molecule has 26 heteroatoms. The number of ether oxygens (including phenoxy) is 12. The van der Waals surface area contributed by atoms with Crippen LogP contribution in [0.25, 0.3) is 0 Å². The number of rotatable bonds is 16. The van der Waals surface area contributed by atoms with E-state index in [0.29, 0.717) is 23.5 Å². The molecule has 370 valence electrons. The van der Waals surface area contributed by atoms with Crippen LogP contribution in [-0.4, -0.2) is 144 Å². The first-order chi connectivity index (χ1) is 31.8. The van der Waals surface area contributed by atoms with Crippen LogP contribution in [0.1, 0.15) is 90.0 Å². The van der Waals surface area contributed by atoms with Gasteiger partial charge in [0, 0.05) is 69.2 Å². The maximum Gasteiger partial charge on any atom is 0.308 e. The van der Waals surface area contributed by atoms with Gasteiger partial charge in [0.25, 0.3) is 0 Å². The number of hydrogen-bond acceptors (Lipinski definition) is 26. The molecule has 10 atom stereocenters. The molecule has 68 heavy (non-hydrogen) atoms. The highest BCUT2D eigenvalue weighted by Crippen LogP contribution is 2.50. The van der Waals surface area contributed by atoms with Crippen molar-refractivity contribution >= 4 is 94.8 Å². The topological polar surface area (TPSA) is 316 Å². The van der Waals surface area contributed by atoms with Crippen molar-refractivity contribution in [3.05, 3.63) is 33.1 Å². The summed E-state index contributed by atoms with van der Waals surface area (Å²) in [6.45, 7) is 8.48. The molecule has 10 unspecified atom stereocenters. The van der Waals surface area contributed by atoms with Gasteiger partial charge in [-0.25, -0.2) is 0 Å². The number of allylic oxidation sites excluding steroid dienone is 2. The van der Waals surface area contributed by atoms with Crippen molar-refractivity contribution in [2.24, 2.45) is 0 Å². The molecule has 0 radical (unpaired) electrons. The lowest BCUT2D eigenvalue weighted by molar-refractivity contribution is -0.237. The minimum absolute atomic E-state index is 0.332. The lowest BCUT2D eigenvalue weighted by Gasteiger charge is -2.45. The van der Waals surface area contributed by atoms with E-state index in [-0.39, 0.29) is 0 Å². The van der Waals surface area contributed by atoms with Crippen LogP contribution in [0.5, 0.6) is 11.5 Å². The number of carbonyl (C=O) groups is 12. The molecule has 0 N–H and O–H groups in total. The average molecular weight is 999 g/mol. The second kappa shape index (κ2) is 23.6. The third-order valence-corrected chi connectivity index (χ3v) is 11.7. The fourth-order valence-corrected chi connectivity index (χ4v) is 9.60. The second-order valence-electron chi connectivity index (χ2n) is 14.7. The van der Waals surface area contributed by atoms with Gasteiger partial charge in [-0.3, -0.25) is 57.5 Å². The van der Waals surface area contributed by atoms with Gasteiger partial charge in [-0.1, -0.05) is 23.5 Å². The molecule has 0 aromatic heterocycles. The Kier molecular flexibility index (Phi) is 18.8. The van der Waals surface area contributed by atoms with Crippen molar-refractivity contribution in [1.29, 1.82) is 0 Å². The normalized spacial score (nSPS) is 25.3. The van der Waals surface area contributed by atoms with E-state index in [1.165, 1.54) is 0 Å². The van der Waals surface area contributed by atoms with Gasteiger partial charge in [-0.15, -0.1) is 0 Å². The number of benzene rings is 1. The number of esters is 10. The van der Waals surface area contributed by atoms with E-state index >= 15 is 9.59 Å². The minimum Gasteiger partial charge on any atom is -0.463 e. The fourth-order valence-electron chi connectivity index (χ4n) is 6.94. The Morgan fingerprint density at radius 2 is 0.691 bits per heavy atom. The smallest absolute Gasteiger partial charge is 0.308 e. The Bertz CT molecular complexity index is 2130. The summed E-state index contributed by atoms with van der Waals surface area (Å²) in [6.07, 6.45) is -13.6. The summed E-state index contributed by atoms with van der Waals surface area (Å²) >= 11 is 0.665. The second-order valence-corrected chi connectivity index (χ2v) is 16.9. The Morgan fingerprint density at radius 1 is 0.412 bits per heavy atom. The van der Waals surface area contributed by atoms with Crippen LogP contribution in [0.4, 0.5) is 0 Å². The monoisotopic (exact) mass is 998 g/mol. The van der Waals surface area contributed by atoms with Crippen LogP contribution < -0.4 is 9.47 Å². The lowest BCUT2D eigenvalue weighted by Crippen LogP contribution is -2.61. The molecule has 2 saturated heterocycles. The van der Waals surface area contributed by atoms with E-state index in [2.05, 4.69) is 0 Å². The molecule has 1 aliphatic carbocycles. The minimum atomic E-state index is -1.83. The molecule has 1 aromatic carbocycles. The molecule has 2 fully saturated rings. The third kappa shape index (κ3) is 14.1. The van der Waals surface area contributed by atoms with Gasteiger partial charge < -0.3 is 56.8 Å². The summed E-state index contributed by atoms with van der Waals surface area (Å²) in [5.41, 5.74) is -4.88. The first kappa shape index (κ1) is 54.2. The van der Waals surface area contributed by atoms with E-state index in [9.17, 15) is 47.9 Å². The maximum absolute atomic E-state index is 15.2. The molecule has 2 heterocycles. The Labute approximate surface area is 394 Å². The van der Waals surface area contributed by atoms with Gasteiger partial charge in [-0.2, -0.15) is 0 Å². The summed E-state index contributed by atoms with van der Waals surface area (Å²) in [7, 11) is 0. The number of ketones is 2. The zero-order valence-electron chi connectivity index (χ0n) is 38.0. The highest BCUT2D eigenvalue weighted by atomic mass is 32.2. The quantitative estimate of drug-likeness (QED) is 0.129. The molecular formula is C42H46O24S2. The van der Waals surface area contributed by atoms with Crippen molar-refractivity contribution in [3.63, 3.8) is 0 Å². The molecule has 4 rings (SSSR count). The lowest BCUT2D eigenvalue weighted by atomic mass is 9.92. The van der Waals surface area contributed by atoms with E-state index in [1.54, 1.807) is 0 Å². The molecule has 24 nitrogen and oxygen atoms in total. The molecular weight excluding hydrogens is 953 g/mol. The predicted octanol–water partition coefficient (Wildman–Crippen LogP) is 1.76. The molecule has 0 bridgehead atoms. The Morgan fingerprint density at radius 3 is 0.956 bits per heavy atom. The Hall–Kier alpha value is -6.38. The maximum atomic E-state index is 15.2. The van der Waals surface area contributed by atoms with Crippen molar-refractivity contribution in [2.45, 2.75) is 129 Å². The summed E-state index contributed by atoms with van der Waals surface area (Å²) in [6, 6.07) is 2.11.